The molecule has 0 spiro atoms. The summed E-state index contributed by atoms with van der Waals surface area (Å²) in [4.78, 5) is 13.0. The second-order valence-corrected chi connectivity index (χ2v) is 10.4. The van der Waals surface area contributed by atoms with Crippen molar-refractivity contribution in [2.24, 2.45) is 10.5 Å². The van der Waals surface area contributed by atoms with E-state index in [1.807, 2.05) is 12.1 Å². The van der Waals surface area contributed by atoms with Gasteiger partial charge in [-0.2, -0.15) is 5.10 Å². The summed E-state index contributed by atoms with van der Waals surface area (Å²) in [5.41, 5.74) is 1.85. The van der Waals surface area contributed by atoms with Crippen LogP contribution in [0.1, 0.15) is 49.9 Å². The van der Waals surface area contributed by atoms with Gasteiger partial charge in [-0.05, 0) is 29.3 Å². The zero-order valence-corrected chi connectivity index (χ0v) is 18.3. The van der Waals surface area contributed by atoms with Gasteiger partial charge in [0, 0.05) is 29.1 Å². The fourth-order valence-corrected chi connectivity index (χ4v) is 3.63. The maximum absolute atomic E-state index is 14.5. The third-order valence-corrected chi connectivity index (χ3v) is 5.38. The van der Waals surface area contributed by atoms with Crippen LogP contribution in [0.25, 0.3) is 6.08 Å². The summed E-state index contributed by atoms with van der Waals surface area (Å²) in [7, 11) is -3.25. The van der Waals surface area contributed by atoms with E-state index in [0.717, 1.165) is 17.2 Å². The summed E-state index contributed by atoms with van der Waals surface area (Å²) in [6.07, 6.45) is 3.01. The van der Waals surface area contributed by atoms with Crippen LogP contribution in [0.5, 0.6) is 0 Å². The van der Waals surface area contributed by atoms with Gasteiger partial charge in [-0.1, -0.05) is 57.2 Å². The monoisotopic (exact) mass is 428 g/mol. The van der Waals surface area contributed by atoms with Gasteiger partial charge in [-0.15, -0.1) is 0 Å². The van der Waals surface area contributed by atoms with Gasteiger partial charge in [-0.25, -0.2) is 17.8 Å². The van der Waals surface area contributed by atoms with E-state index in [1.165, 1.54) is 17.2 Å². The first kappa shape index (κ1) is 21.9. The average Bonchev–Trinajstić information content (AvgIpc) is 3.10. The first-order valence-corrected chi connectivity index (χ1v) is 11.6. The number of nitrogens with zero attached hydrogens (tertiary/aromatic N) is 2. The highest BCUT2D eigenvalue weighted by Crippen LogP contribution is 2.37. The molecule has 30 heavy (non-hydrogen) atoms. The predicted molar refractivity (Wildman–Crippen MR) is 117 cm³/mol. The van der Waals surface area contributed by atoms with Crippen LogP contribution >= 0.6 is 0 Å². The Morgan fingerprint density at radius 3 is 2.50 bits per heavy atom. The molecule has 1 heterocycles. The molecular formula is C23H25FN2O3S. The van der Waals surface area contributed by atoms with Crippen LogP contribution in [0, 0.1) is 11.2 Å². The zero-order valence-electron chi connectivity index (χ0n) is 17.5. The molecule has 3 rings (SSSR count). The predicted octanol–water partition coefficient (Wildman–Crippen LogP) is 4.56. The van der Waals surface area contributed by atoms with Crippen LogP contribution < -0.4 is 0 Å². The van der Waals surface area contributed by atoms with Gasteiger partial charge >= 0.3 is 0 Å². The van der Waals surface area contributed by atoms with Crippen molar-refractivity contribution in [3.63, 3.8) is 0 Å². The molecule has 2 aromatic carbocycles. The third kappa shape index (κ3) is 5.02. The number of hydrogen-bond acceptors (Lipinski definition) is 4. The Labute approximate surface area is 176 Å². The summed E-state index contributed by atoms with van der Waals surface area (Å²) >= 11 is 0. The Morgan fingerprint density at radius 1 is 1.17 bits per heavy atom. The van der Waals surface area contributed by atoms with Crippen LogP contribution in [0.2, 0.25) is 0 Å². The minimum atomic E-state index is -3.25. The highest BCUT2D eigenvalue weighted by molar-refractivity contribution is 7.93. The van der Waals surface area contributed by atoms with Crippen molar-refractivity contribution in [2.75, 3.05) is 6.26 Å². The largest absolute Gasteiger partial charge is 0.272 e. The number of carbonyl (C=O) groups excluding carboxylic acids is 1. The highest BCUT2D eigenvalue weighted by atomic mass is 32.2. The average molecular weight is 429 g/mol. The molecule has 1 aliphatic rings. The second kappa shape index (κ2) is 8.14. The van der Waals surface area contributed by atoms with E-state index in [-0.39, 0.29) is 11.7 Å². The number of halogens is 1. The van der Waals surface area contributed by atoms with Crippen molar-refractivity contribution in [1.82, 2.24) is 5.01 Å². The summed E-state index contributed by atoms with van der Waals surface area (Å²) in [6, 6.07) is 13.1. The number of hydrogen-bond donors (Lipinski definition) is 0. The molecule has 0 saturated heterocycles. The third-order valence-electron chi connectivity index (χ3n) is 4.75. The first-order chi connectivity index (χ1) is 14.0. The van der Waals surface area contributed by atoms with Crippen LogP contribution in [0.4, 0.5) is 4.39 Å². The Balaban J connectivity index is 2.01. The normalized spacial score (nSPS) is 17.4. The molecule has 1 aliphatic heterocycles. The summed E-state index contributed by atoms with van der Waals surface area (Å²) in [5.74, 6) is -0.575. The molecule has 1 amide bonds. The van der Waals surface area contributed by atoms with Gasteiger partial charge in [0.25, 0.3) is 0 Å². The molecule has 5 nitrogen and oxygen atoms in total. The number of amides is 1. The van der Waals surface area contributed by atoms with E-state index in [0.29, 0.717) is 23.3 Å². The van der Waals surface area contributed by atoms with E-state index in [2.05, 4.69) is 5.10 Å². The van der Waals surface area contributed by atoms with Crippen LogP contribution in [-0.4, -0.2) is 31.3 Å². The van der Waals surface area contributed by atoms with Gasteiger partial charge in [0.15, 0.2) is 9.84 Å². The maximum atomic E-state index is 14.5. The molecule has 1 atom stereocenters. The molecule has 0 aliphatic carbocycles. The summed E-state index contributed by atoms with van der Waals surface area (Å²) in [5, 5.41) is 7.09. The van der Waals surface area contributed by atoms with Crippen LogP contribution in [0.15, 0.2) is 59.0 Å². The number of carbonyl (C=O) groups is 1. The standard InChI is InChI=1S/C23H25FN2O3S/c1-23(2,3)22(27)26-21(18-10-5-6-11-19(18)24)15-20(25-26)17-9-7-8-16(14-17)12-13-30(4,28)29/h5-14,21H,15H2,1-4H3/b13-12-. The molecule has 1 unspecified atom stereocenters. The zero-order chi connectivity index (χ0) is 22.1. The molecule has 7 heteroatoms. The lowest BCUT2D eigenvalue weighted by atomic mass is 9.92. The van der Waals surface area contributed by atoms with Crippen LogP contribution in [-0.2, 0) is 14.6 Å². The molecule has 0 saturated carbocycles. The molecule has 158 valence electrons. The van der Waals surface area contributed by atoms with Crippen molar-refractivity contribution in [3.8, 4) is 0 Å². The lowest BCUT2D eigenvalue weighted by Gasteiger charge is -2.28. The van der Waals surface area contributed by atoms with Gasteiger partial charge in [0.2, 0.25) is 5.91 Å². The van der Waals surface area contributed by atoms with E-state index in [9.17, 15) is 17.6 Å². The number of hydrazone groups is 1. The first-order valence-electron chi connectivity index (χ1n) is 9.60. The van der Waals surface area contributed by atoms with E-state index >= 15 is 0 Å². The topological polar surface area (TPSA) is 66.8 Å². The van der Waals surface area contributed by atoms with E-state index < -0.39 is 21.3 Å². The molecular weight excluding hydrogens is 403 g/mol. The minimum absolute atomic E-state index is 0.195. The van der Waals surface area contributed by atoms with Crippen LogP contribution in [0.3, 0.4) is 0 Å². The molecule has 0 aromatic heterocycles. The number of rotatable bonds is 4. The fraction of sp³-hybridized carbons (Fsp3) is 0.304. The highest BCUT2D eigenvalue weighted by Gasteiger charge is 2.38. The quantitative estimate of drug-likeness (QED) is 0.717. The van der Waals surface area contributed by atoms with E-state index in [1.54, 1.807) is 51.1 Å². The van der Waals surface area contributed by atoms with Crippen molar-refractivity contribution >= 4 is 27.5 Å². The van der Waals surface area contributed by atoms with E-state index in [4.69, 9.17) is 0 Å². The smallest absolute Gasteiger partial charge is 0.248 e. The SMILES string of the molecule is CC(C)(C)C(=O)N1N=C(c2cccc(/C=C\S(C)(=O)=O)c2)CC1c1ccccc1F. The minimum Gasteiger partial charge on any atom is -0.272 e. The Bertz CT molecular complexity index is 1130. The molecule has 2 aromatic rings. The number of sulfone groups is 1. The molecule has 0 bridgehead atoms. The van der Waals surface area contributed by atoms with Crippen molar-refractivity contribution in [1.29, 1.82) is 0 Å². The molecule has 0 radical (unpaired) electrons. The van der Waals surface area contributed by atoms with Gasteiger partial charge in [0.05, 0.1) is 11.8 Å². The van der Waals surface area contributed by atoms with Crippen molar-refractivity contribution in [2.45, 2.75) is 33.2 Å². The van der Waals surface area contributed by atoms with Crippen molar-refractivity contribution < 1.29 is 17.6 Å². The molecule has 0 N–H and O–H groups in total. The lowest BCUT2D eigenvalue weighted by molar-refractivity contribution is -0.141. The fourth-order valence-electron chi connectivity index (χ4n) is 3.23. The van der Waals surface area contributed by atoms with Gasteiger partial charge < -0.3 is 0 Å². The second-order valence-electron chi connectivity index (χ2n) is 8.45. The summed E-state index contributed by atoms with van der Waals surface area (Å²) in [6.45, 7) is 5.41. The Morgan fingerprint density at radius 2 is 1.87 bits per heavy atom. The Hall–Kier alpha value is -2.80. The summed E-state index contributed by atoms with van der Waals surface area (Å²) < 4.78 is 37.3. The number of benzene rings is 2. The molecule has 0 fully saturated rings. The van der Waals surface area contributed by atoms with Gasteiger partial charge in [-0.3, -0.25) is 4.79 Å². The van der Waals surface area contributed by atoms with Crippen molar-refractivity contribution in [3.05, 3.63) is 76.4 Å². The Kier molecular flexibility index (Phi) is 5.94. The maximum Gasteiger partial charge on any atom is 0.248 e. The van der Waals surface area contributed by atoms with Gasteiger partial charge in [0.1, 0.15) is 5.82 Å². The lowest BCUT2D eigenvalue weighted by Crippen LogP contribution is -2.36.